The van der Waals surface area contributed by atoms with E-state index in [9.17, 15) is 5.11 Å². The summed E-state index contributed by atoms with van der Waals surface area (Å²) in [6.07, 6.45) is 0.429. The maximum Gasteiger partial charge on any atom is 0.134 e. The molecule has 2 aromatic rings. The molecule has 1 heterocycles. The second-order valence-electron chi connectivity index (χ2n) is 5.15. The Bertz CT molecular complexity index is 576. The van der Waals surface area contributed by atoms with Crippen LogP contribution < -0.4 is 10.1 Å². The molecule has 0 saturated carbocycles. The van der Waals surface area contributed by atoms with Crippen molar-refractivity contribution in [3.8, 4) is 5.75 Å². The third kappa shape index (κ3) is 2.97. The smallest absolute Gasteiger partial charge is 0.134 e. The van der Waals surface area contributed by atoms with Crippen molar-refractivity contribution in [2.24, 2.45) is 0 Å². The van der Waals surface area contributed by atoms with Gasteiger partial charge in [-0.25, -0.2) is 0 Å². The molecule has 0 aliphatic heterocycles. The van der Waals surface area contributed by atoms with Crippen molar-refractivity contribution >= 4 is 11.0 Å². The summed E-state index contributed by atoms with van der Waals surface area (Å²) in [5, 5.41) is 14.0. The van der Waals surface area contributed by atoms with Crippen molar-refractivity contribution in [1.82, 2.24) is 5.32 Å². The number of benzene rings is 1. The van der Waals surface area contributed by atoms with E-state index in [1.54, 1.807) is 7.11 Å². The lowest BCUT2D eigenvalue weighted by Crippen LogP contribution is -2.28. The molecule has 2 N–H and O–H groups in total. The fourth-order valence-electron chi connectivity index (χ4n) is 2.31. The number of aryl methyl sites for hydroxylation is 1. The molecule has 4 heteroatoms. The van der Waals surface area contributed by atoms with Crippen molar-refractivity contribution in [3.05, 3.63) is 29.5 Å². The topological polar surface area (TPSA) is 54.6 Å². The summed E-state index contributed by atoms with van der Waals surface area (Å²) in [5.41, 5.74) is 1.98. The summed E-state index contributed by atoms with van der Waals surface area (Å²) in [4.78, 5) is 0. The number of methoxy groups -OCH3 is 1. The number of hydrogen-bond acceptors (Lipinski definition) is 4. The zero-order valence-corrected chi connectivity index (χ0v) is 12.6. The van der Waals surface area contributed by atoms with E-state index in [0.29, 0.717) is 6.54 Å². The van der Waals surface area contributed by atoms with Gasteiger partial charge in [0.2, 0.25) is 0 Å². The lowest BCUT2D eigenvalue weighted by molar-refractivity contribution is 0.162. The highest BCUT2D eigenvalue weighted by molar-refractivity contribution is 5.83. The highest BCUT2D eigenvalue weighted by Gasteiger charge is 2.17. The Hall–Kier alpha value is -1.52. The first kappa shape index (κ1) is 14.9. The van der Waals surface area contributed by atoms with Gasteiger partial charge in [-0.15, -0.1) is 0 Å². The molecule has 20 heavy (non-hydrogen) atoms. The zero-order chi connectivity index (χ0) is 14.7. The van der Waals surface area contributed by atoms with Crippen LogP contribution in [0.5, 0.6) is 5.75 Å². The minimum absolute atomic E-state index is 0.0644. The average molecular weight is 277 g/mol. The summed E-state index contributed by atoms with van der Waals surface area (Å²) in [6.45, 7) is 6.63. The van der Waals surface area contributed by atoms with Crippen LogP contribution in [0.1, 0.15) is 37.6 Å². The number of nitrogens with one attached hydrogen (secondary N) is 1. The summed E-state index contributed by atoms with van der Waals surface area (Å²) in [7, 11) is 1.66. The number of hydrogen-bond donors (Lipinski definition) is 2. The molecule has 0 bridgehead atoms. The van der Waals surface area contributed by atoms with Gasteiger partial charge in [0.15, 0.2) is 0 Å². The molecule has 0 radical (unpaired) electrons. The first-order valence-electron chi connectivity index (χ1n) is 7.05. The molecular weight excluding hydrogens is 254 g/mol. The van der Waals surface area contributed by atoms with E-state index in [2.05, 4.69) is 12.2 Å². The molecule has 2 unspecified atom stereocenters. The van der Waals surface area contributed by atoms with E-state index >= 15 is 0 Å². The molecule has 0 aliphatic rings. The van der Waals surface area contributed by atoms with Crippen molar-refractivity contribution in [2.45, 2.75) is 39.3 Å². The summed E-state index contributed by atoms with van der Waals surface area (Å²) in [6, 6.07) is 5.88. The zero-order valence-electron chi connectivity index (χ0n) is 12.6. The summed E-state index contributed by atoms with van der Waals surface area (Å²) >= 11 is 0. The first-order chi connectivity index (χ1) is 9.56. The molecular formula is C16H23NO3. The van der Waals surface area contributed by atoms with Crippen LogP contribution in [0.3, 0.4) is 0 Å². The fourth-order valence-corrected chi connectivity index (χ4v) is 2.31. The Morgan fingerprint density at radius 1 is 1.40 bits per heavy atom. The third-order valence-electron chi connectivity index (χ3n) is 3.70. The average Bonchev–Trinajstić information content (AvgIpc) is 2.81. The van der Waals surface area contributed by atoms with Gasteiger partial charge in [-0.3, -0.25) is 0 Å². The van der Waals surface area contributed by atoms with Crippen LogP contribution in [-0.2, 0) is 0 Å². The van der Waals surface area contributed by atoms with Crippen molar-refractivity contribution < 1.29 is 14.3 Å². The van der Waals surface area contributed by atoms with Crippen molar-refractivity contribution in [3.63, 3.8) is 0 Å². The number of aliphatic hydroxyl groups is 1. The van der Waals surface area contributed by atoms with Crippen molar-refractivity contribution in [2.75, 3.05) is 13.7 Å². The van der Waals surface area contributed by atoms with Gasteiger partial charge in [-0.2, -0.15) is 0 Å². The highest BCUT2D eigenvalue weighted by Crippen LogP contribution is 2.31. The molecule has 0 aliphatic carbocycles. The lowest BCUT2D eigenvalue weighted by atomic mass is 10.1. The first-order valence-corrected chi connectivity index (χ1v) is 7.05. The lowest BCUT2D eigenvalue weighted by Gasteiger charge is -2.15. The van der Waals surface area contributed by atoms with Gasteiger partial charge in [-0.05, 0) is 38.5 Å². The van der Waals surface area contributed by atoms with Crippen LogP contribution in [0.25, 0.3) is 11.0 Å². The molecule has 4 nitrogen and oxygen atoms in total. The second kappa shape index (κ2) is 6.29. The van der Waals surface area contributed by atoms with E-state index in [0.717, 1.165) is 34.5 Å². The predicted molar refractivity (Wildman–Crippen MR) is 80.2 cm³/mol. The quantitative estimate of drug-likeness (QED) is 0.851. The van der Waals surface area contributed by atoms with Crippen LogP contribution in [0.4, 0.5) is 0 Å². The maximum atomic E-state index is 9.62. The Labute approximate surface area is 119 Å². The SMILES string of the molecule is CCC(O)CNC(C)c1oc2ccc(OC)cc2c1C. The summed E-state index contributed by atoms with van der Waals surface area (Å²) in [5.74, 6) is 1.74. The molecule has 1 aromatic carbocycles. The largest absolute Gasteiger partial charge is 0.497 e. The molecule has 110 valence electrons. The monoisotopic (exact) mass is 277 g/mol. The van der Waals surface area contributed by atoms with E-state index in [1.165, 1.54) is 0 Å². The Balaban J connectivity index is 2.23. The van der Waals surface area contributed by atoms with E-state index in [4.69, 9.17) is 9.15 Å². The number of fused-ring (bicyclic) bond motifs is 1. The minimum Gasteiger partial charge on any atom is -0.497 e. The molecule has 1 aromatic heterocycles. The molecule has 0 fully saturated rings. The standard InChI is InChI=1S/C16H23NO3/c1-5-12(18)9-17-11(3)16-10(2)14-8-13(19-4)6-7-15(14)20-16/h6-8,11-12,17-18H,5,9H2,1-4H3. The van der Waals surface area contributed by atoms with Gasteiger partial charge in [0.05, 0.1) is 19.3 Å². The molecule has 0 spiro atoms. The minimum atomic E-state index is -0.317. The number of rotatable bonds is 6. The van der Waals surface area contributed by atoms with E-state index in [1.807, 2.05) is 32.0 Å². The third-order valence-corrected chi connectivity index (χ3v) is 3.70. The van der Waals surface area contributed by atoms with Gasteiger partial charge >= 0.3 is 0 Å². The van der Waals surface area contributed by atoms with Gasteiger partial charge in [-0.1, -0.05) is 6.92 Å². The molecule has 2 atom stereocenters. The fraction of sp³-hybridized carbons (Fsp3) is 0.500. The molecule has 0 saturated heterocycles. The summed E-state index contributed by atoms with van der Waals surface area (Å²) < 4.78 is 11.2. The normalized spacial score (nSPS) is 14.4. The second-order valence-corrected chi connectivity index (χ2v) is 5.15. The highest BCUT2D eigenvalue weighted by atomic mass is 16.5. The van der Waals surface area contributed by atoms with Gasteiger partial charge in [0, 0.05) is 17.5 Å². The molecule has 0 amide bonds. The van der Waals surface area contributed by atoms with Crippen molar-refractivity contribution in [1.29, 1.82) is 0 Å². The van der Waals surface area contributed by atoms with Gasteiger partial charge in [0.25, 0.3) is 0 Å². The number of furan rings is 1. The number of ether oxygens (including phenoxy) is 1. The van der Waals surface area contributed by atoms with Crippen LogP contribution in [-0.4, -0.2) is 24.9 Å². The van der Waals surface area contributed by atoms with Crippen LogP contribution in [0, 0.1) is 6.92 Å². The predicted octanol–water partition coefficient (Wildman–Crippen LogP) is 3.17. The van der Waals surface area contributed by atoms with Gasteiger partial charge < -0.3 is 19.6 Å². The van der Waals surface area contributed by atoms with Crippen LogP contribution in [0.15, 0.2) is 22.6 Å². The van der Waals surface area contributed by atoms with E-state index < -0.39 is 0 Å². The van der Waals surface area contributed by atoms with Crippen LogP contribution in [0.2, 0.25) is 0 Å². The maximum absolute atomic E-state index is 9.62. The van der Waals surface area contributed by atoms with Gasteiger partial charge in [0.1, 0.15) is 17.1 Å². The Kier molecular flexibility index (Phi) is 4.68. The Morgan fingerprint density at radius 2 is 2.15 bits per heavy atom. The Morgan fingerprint density at radius 3 is 2.80 bits per heavy atom. The van der Waals surface area contributed by atoms with E-state index in [-0.39, 0.29) is 12.1 Å². The number of aliphatic hydroxyl groups excluding tert-OH is 1. The molecule has 2 rings (SSSR count). The van der Waals surface area contributed by atoms with Crippen LogP contribution >= 0.6 is 0 Å².